The summed E-state index contributed by atoms with van der Waals surface area (Å²) in [6.45, 7) is 0.987. The molecule has 8 nitrogen and oxygen atoms in total. The molecule has 1 amide bonds. The molecule has 3 heterocycles. The van der Waals surface area contributed by atoms with Crippen LogP contribution in [0.1, 0.15) is 5.69 Å². The van der Waals surface area contributed by atoms with Crippen LogP contribution in [0, 0.1) is 0 Å². The van der Waals surface area contributed by atoms with Gasteiger partial charge in [-0.2, -0.15) is 0 Å². The Morgan fingerprint density at radius 3 is 2.91 bits per heavy atom. The van der Waals surface area contributed by atoms with Crippen molar-refractivity contribution in [3.8, 4) is 22.9 Å². The van der Waals surface area contributed by atoms with E-state index in [1.165, 1.54) is 23.5 Å². The molecule has 3 aromatic rings. The Morgan fingerprint density at radius 1 is 1.21 bits per heavy atom. The summed E-state index contributed by atoms with van der Waals surface area (Å²) in [5.74, 6) is 2.62. The van der Waals surface area contributed by atoms with Gasteiger partial charge in [0.25, 0.3) is 5.56 Å². The predicted octanol–water partition coefficient (Wildman–Crippen LogP) is 3.39. The molecule has 0 atom stereocenters. The van der Waals surface area contributed by atoms with Crippen LogP contribution in [0.15, 0.2) is 57.3 Å². The van der Waals surface area contributed by atoms with Gasteiger partial charge in [-0.15, -0.1) is 11.8 Å². The van der Waals surface area contributed by atoms with E-state index in [2.05, 4.69) is 5.32 Å². The Labute approximate surface area is 198 Å². The van der Waals surface area contributed by atoms with Crippen molar-refractivity contribution in [3.63, 3.8) is 0 Å². The first-order valence-corrected chi connectivity index (χ1v) is 12.3. The molecule has 10 heteroatoms. The van der Waals surface area contributed by atoms with E-state index in [1.807, 2.05) is 18.2 Å². The SMILES string of the molecule is COc1cccc(-n2c(SCC(=O)Nc3ccc4c(c3)OCCO4)nc3c(c2=O)SCC3)c1. The zero-order chi connectivity index (χ0) is 22.8. The van der Waals surface area contributed by atoms with Crippen molar-refractivity contribution in [3.05, 3.63) is 58.5 Å². The highest BCUT2D eigenvalue weighted by molar-refractivity contribution is 8.00. The molecule has 0 spiro atoms. The summed E-state index contributed by atoms with van der Waals surface area (Å²) in [7, 11) is 1.58. The second kappa shape index (κ2) is 9.40. The van der Waals surface area contributed by atoms with Crippen LogP contribution >= 0.6 is 23.5 Å². The van der Waals surface area contributed by atoms with E-state index in [4.69, 9.17) is 19.2 Å². The second-order valence-electron chi connectivity index (χ2n) is 7.31. The third-order valence-electron chi connectivity index (χ3n) is 5.14. The highest BCUT2D eigenvalue weighted by Crippen LogP contribution is 2.33. The number of aromatic nitrogens is 2. The molecule has 2 aliphatic heterocycles. The van der Waals surface area contributed by atoms with E-state index >= 15 is 0 Å². The standard InChI is InChI=1S/C23H21N3O5S2/c1-29-16-4-2-3-15(12-16)26-22(28)21-17(7-10-32-21)25-23(26)33-13-20(27)24-14-5-6-18-19(11-14)31-9-8-30-18/h2-6,11-12H,7-10,13H2,1H3,(H,24,27). The number of ether oxygens (including phenoxy) is 3. The van der Waals surface area contributed by atoms with Crippen molar-refractivity contribution in [2.24, 2.45) is 0 Å². The molecule has 0 aliphatic carbocycles. The summed E-state index contributed by atoms with van der Waals surface area (Å²) in [6, 6.07) is 12.5. The summed E-state index contributed by atoms with van der Waals surface area (Å²) < 4.78 is 18.0. The zero-order valence-electron chi connectivity index (χ0n) is 17.8. The van der Waals surface area contributed by atoms with E-state index in [9.17, 15) is 9.59 Å². The lowest BCUT2D eigenvalue weighted by atomic mass is 10.2. The fourth-order valence-corrected chi connectivity index (χ4v) is 5.47. The molecular formula is C23H21N3O5S2. The normalized spacial score (nSPS) is 14.0. The zero-order valence-corrected chi connectivity index (χ0v) is 19.5. The van der Waals surface area contributed by atoms with Crippen LogP contribution in [0.25, 0.3) is 5.69 Å². The van der Waals surface area contributed by atoms with Crippen molar-refractivity contribution >= 4 is 35.1 Å². The largest absolute Gasteiger partial charge is 0.497 e. The minimum absolute atomic E-state index is 0.0940. The lowest BCUT2D eigenvalue weighted by molar-refractivity contribution is -0.113. The van der Waals surface area contributed by atoms with Gasteiger partial charge < -0.3 is 19.5 Å². The van der Waals surface area contributed by atoms with Crippen LogP contribution in [0.5, 0.6) is 17.2 Å². The Bertz CT molecular complexity index is 1280. The number of methoxy groups -OCH3 is 1. The number of thioether (sulfide) groups is 2. The molecular weight excluding hydrogens is 462 g/mol. The van der Waals surface area contributed by atoms with Gasteiger partial charge >= 0.3 is 0 Å². The number of carbonyl (C=O) groups excluding carboxylic acids is 1. The maximum atomic E-state index is 13.3. The van der Waals surface area contributed by atoms with Crippen LogP contribution in [-0.4, -0.2) is 47.3 Å². The summed E-state index contributed by atoms with van der Waals surface area (Å²) in [4.78, 5) is 31.4. The number of hydrogen-bond acceptors (Lipinski definition) is 8. The minimum Gasteiger partial charge on any atom is -0.497 e. The lowest BCUT2D eigenvalue weighted by Crippen LogP contribution is -2.24. The molecule has 1 N–H and O–H groups in total. The quantitative estimate of drug-likeness (QED) is 0.421. The third-order valence-corrected chi connectivity index (χ3v) is 7.18. The van der Waals surface area contributed by atoms with Gasteiger partial charge in [0, 0.05) is 30.0 Å². The third kappa shape index (κ3) is 4.53. The van der Waals surface area contributed by atoms with Crippen molar-refractivity contribution in [1.29, 1.82) is 0 Å². The molecule has 33 heavy (non-hydrogen) atoms. The second-order valence-corrected chi connectivity index (χ2v) is 9.35. The van der Waals surface area contributed by atoms with Gasteiger partial charge in [0.05, 0.1) is 29.1 Å². The molecule has 0 bridgehead atoms. The minimum atomic E-state index is -0.210. The number of carbonyl (C=O) groups is 1. The molecule has 0 saturated heterocycles. The van der Waals surface area contributed by atoms with Gasteiger partial charge in [-0.1, -0.05) is 17.8 Å². The van der Waals surface area contributed by atoms with E-state index in [-0.39, 0.29) is 17.2 Å². The van der Waals surface area contributed by atoms with Crippen LogP contribution in [-0.2, 0) is 11.2 Å². The van der Waals surface area contributed by atoms with Crippen LogP contribution in [0.2, 0.25) is 0 Å². The first-order valence-electron chi connectivity index (χ1n) is 10.4. The van der Waals surface area contributed by atoms with E-state index < -0.39 is 0 Å². The number of hydrogen-bond donors (Lipinski definition) is 1. The Hall–Kier alpha value is -3.11. The summed E-state index contributed by atoms with van der Waals surface area (Å²) in [5.41, 5.74) is 1.94. The smallest absolute Gasteiger partial charge is 0.272 e. The molecule has 2 aliphatic rings. The van der Waals surface area contributed by atoms with E-state index in [1.54, 1.807) is 35.9 Å². The molecule has 0 saturated carbocycles. The van der Waals surface area contributed by atoms with Crippen LogP contribution in [0.3, 0.4) is 0 Å². The highest BCUT2D eigenvalue weighted by atomic mass is 32.2. The van der Waals surface area contributed by atoms with Crippen molar-refractivity contribution < 1.29 is 19.0 Å². The molecule has 0 fully saturated rings. The molecule has 0 unspecified atom stereocenters. The fourth-order valence-electron chi connectivity index (χ4n) is 3.61. The average Bonchev–Trinajstić information content (AvgIpc) is 3.32. The van der Waals surface area contributed by atoms with Crippen molar-refractivity contribution in [2.75, 3.05) is 37.1 Å². The first-order chi connectivity index (χ1) is 16.1. The number of fused-ring (bicyclic) bond motifs is 2. The summed E-state index contributed by atoms with van der Waals surface area (Å²) >= 11 is 2.75. The first kappa shape index (κ1) is 21.7. The van der Waals surface area contributed by atoms with E-state index in [0.717, 1.165) is 17.9 Å². The summed E-state index contributed by atoms with van der Waals surface area (Å²) in [6.07, 6.45) is 0.741. The van der Waals surface area contributed by atoms with Crippen molar-refractivity contribution in [2.45, 2.75) is 16.5 Å². The maximum absolute atomic E-state index is 13.3. The van der Waals surface area contributed by atoms with Crippen LogP contribution < -0.4 is 25.1 Å². The van der Waals surface area contributed by atoms with Gasteiger partial charge in [0.1, 0.15) is 19.0 Å². The molecule has 1 aromatic heterocycles. The summed E-state index contributed by atoms with van der Waals surface area (Å²) in [5, 5.41) is 3.35. The van der Waals surface area contributed by atoms with Gasteiger partial charge in [0.15, 0.2) is 16.7 Å². The topological polar surface area (TPSA) is 91.7 Å². The Morgan fingerprint density at radius 2 is 2.06 bits per heavy atom. The number of anilines is 1. The number of benzene rings is 2. The molecule has 2 aromatic carbocycles. The monoisotopic (exact) mass is 483 g/mol. The Balaban J connectivity index is 1.38. The van der Waals surface area contributed by atoms with Gasteiger partial charge in [-0.25, -0.2) is 4.98 Å². The molecule has 5 rings (SSSR count). The highest BCUT2D eigenvalue weighted by Gasteiger charge is 2.23. The number of amides is 1. The molecule has 170 valence electrons. The number of aryl methyl sites for hydroxylation is 1. The number of nitrogens with zero attached hydrogens (tertiary/aromatic N) is 2. The Kier molecular flexibility index (Phi) is 6.19. The van der Waals surface area contributed by atoms with Gasteiger partial charge in [-0.05, 0) is 24.3 Å². The van der Waals surface area contributed by atoms with Crippen molar-refractivity contribution in [1.82, 2.24) is 9.55 Å². The number of rotatable bonds is 6. The average molecular weight is 484 g/mol. The predicted molar refractivity (Wildman–Crippen MR) is 128 cm³/mol. The fraction of sp³-hybridized carbons (Fsp3) is 0.261. The van der Waals surface area contributed by atoms with Gasteiger partial charge in [-0.3, -0.25) is 14.2 Å². The van der Waals surface area contributed by atoms with Gasteiger partial charge in [0.2, 0.25) is 5.91 Å². The number of nitrogens with one attached hydrogen (secondary N) is 1. The maximum Gasteiger partial charge on any atom is 0.272 e. The van der Waals surface area contributed by atoms with E-state index in [0.29, 0.717) is 51.9 Å². The molecule has 0 radical (unpaired) electrons. The lowest BCUT2D eigenvalue weighted by Gasteiger charge is -2.19. The van der Waals surface area contributed by atoms with Crippen LogP contribution in [0.4, 0.5) is 5.69 Å².